The van der Waals surface area contributed by atoms with Crippen LogP contribution in [0, 0.1) is 0 Å². The number of hydrogen-bond donors (Lipinski definition) is 4. The predicted molar refractivity (Wildman–Crippen MR) is 134 cm³/mol. The molecule has 1 saturated heterocycles. The van der Waals surface area contributed by atoms with Gasteiger partial charge in [-0.05, 0) is 26.0 Å². The van der Waals surface area contributed by atoms with Crippen LogP contribution in [-0.2, 0) is 23.4 Å². The van der Waals surface area contributed by atoms with E-state index in [0.29, 0.717) is 11.3 Å². The van der Waals surface area contributed by atoms with Crippen molar-refractivity contribution in [2.45, 2.75) is 44.0 Å². The van der Waals surface area contributed by atoms with Gasteiger partial charge in [-0.3, -0.25) is 13.9 Å². The zero-order valence-electron chi connectivity index (χ0n) is 21.1. The third-order valence-corrected chi connectivity index (χ3v) is 7.57. The van der Waals surface area contributed by atoms with Crippen LogP contribution in [0.15, 0.2) is 36.7 Å². The lowest BCUT2D eigenvalue weighted by atomic mass is 9.98. The van der Waals surface area contributed by atoms with E-state index in [-0.39, 0.29) is 17.3 Å². The fourth-order valence-corrected chi connectivity index (χ4v) is 5.48. The summed E-state index contributed by atoms with van der Waals surface area (Å²) in [5, 5.41) is 16.1. The molecule has 6 atom stereocenters. The number of nitrogens with zero attached hydrogens (tertiary/aromatic N) is 4. The number of benzene rings is 1. The molecule has 0 radical (unpaired) electrons. The van der Waals surface area contributed by atoms with Gasteiger partial charge in [0.25, 0.3) is 0 Å². The van der Waals surface area contributed by atoms with Crippen LogP contribution >= 0.6 is 7.75 Å². The molecule has 0 aliphatic carbocycles. The first-order valence-corrected chi connectivity index (χ1v) is 13.1. The molecule has 2 aromatic heterocycles. The summed E-state index contributed by atoms with van der Waals surface area (Å²) in [5.74, 6) is -0.278. The lowest BCUT2D eigenvalue weighted by molar-refractivity contribution is -0.142. The van der Waals surface area contributed by atoms with E-state index in [1.54, 1.807) is 25.2 Å². The Kier molecular flexibility index (Phi) is 7.85. The Morgan fingerprint density at radius 2 is 2.08 bits per heavy atom. The quantitative estimate of drug-likeness (QED) is 0.211. The maximum atomic E-state index is 15.9. The number of aliphatic hydroxyl groups is 1. The first kappa shape index (κ1) is 27.7. The average Bonchev–Trinajstić information content (AvgIpc) is 3.39. The molecule has 0 spiro atoms. The first-order chi connectivity index (χ1) is 18.0. The van der Waals surface area contributed by atoms with Gasteiger partial charge in [0, 0.05) is 7.05 Å². The molecule has 3 aromatic rings. The van der Waals surface area contributed by atoms with E-state index in [0.717, 1.165) is 6.92 Å². The Labute approximate surface area is 217 Å². The number of halogens is 1. The number of ether oxygens (including phenoxy) is 2. The van der Waals surface area contributed by atoms with Crippen molar-refractivity contribution in [3.8, 4) is 5.75 Å². The predicted octanol–water partition coefficient (Wildman–Crippen LogP) is 1.79. The van der Waals surface area contributed by atoms with Crippen molar-refractivity contribution in [3.05, 3.63) is 36.7 Å². The molecule has 0 unspecified atom stereocenters. The maximum absolute atomic E-state index is 15.9. The van der Waals surface area contributed by atoms with Crippen LogP contribution in [-0.4, -0.2) is 75.3 Å². The van der Waals surface area contributed by atoms with Crippen LogP contribution in [0.5, 0.6) is 5.75 Å². The van der Waals surface area contributed by atoms with Crippen LogP contribution in [0.25, 0.3) is 11.2 Å². The molecule has 0 amide bonds. The number of carbonyl (C=O) groups is 1. The van der Waals surface area contributed by atoms with E-state index < -0.39 is 50.5 Å². The van der Waals surface area contributed by atoms with Gasteiger partial charge >= 0.3 is 13.7 Å². The number of imidazole rings is 1. The van der Waals surface area contributed by atoms with Crippen LogP contribution in [0.2, 0.25) is 0 Å². The molecule has 5 N–H and O–H groups in total. The number of alkyl halides is 1. The van der Waals surface area contributed by atoms with Crippen molar-refractivity contribution < 1.29 is 37.4 Å². The minimum atomic E-state index is -4.25. The summed E-state index contributed by atoms with van der Waals surface area (Å²) in [5.41, 5.74) is 3.93. The Bertz CT molecular complexity index is 1340. The second-order valence-corrected chi connectivity index (χ2v) is 10.4. The van der Waals surface area contributed by atoms with Crippen LogP contribution in [0.3, 0.4) is 0 Å². The molecule has 206 valence electrons. The lowest BCUT2D eigenvalue weighted by Crippen LogP contribution is -2.41. The summed E-state index contributed by atoms with van der Waals surface area (Å²) in [7, 11) is -1.46. The first-order valence-electron chi connectivity index (χ1n) is 11.5. The van der Waals surface area contributed by atoms with Crippen molar-refractivity contribution in [3.63, 3.8) is 0 Å². The molecule has 1 aliphatic heterocycles. The number of para-hydroxylation sites is 1. The van der Waals surface area contributed by atoms with Crippen molar-refractivity contribution in [2.75, 3.05) is 31.8 Å². The van der Waals surface area contributed by atoms with Gasteiger partial charge in [0.05, 0.1) is 20.0 Å². The summed E-state index contributed by atoms with van der Waals surface area (Å²) >= 11 is 0. The highest BCUT2D eigenvalue weighted by atomic mass is 31.2. The van der Waals surface area contributed by atoms with Gasteiger partial charge in [0.15, 0.2) is 28.9 Å². The molecule has 1 aromatic carbocycles. The van der Waals surface area contributed by atoms with E-state index in [4.69, 9.17) is 19.5 Å². The number of rotatable bonds is 10. The normalized spacial score (nSPS) is 25.6. The molecule has 4 rings (SSSR count). The Morgan fingerprint density at radius 1 is 1.37 bits per heavy atom. The van der Waals surface area contributed by atoms with Crippen molar-refractivity contribution in [1.29, 1.82) is 0 Å². The number of nitrogens with two attached hydrogens (primary N) is 1. The van der Waals surface area contributed by atoms with Crippen molar-refractivity contribution in [1.82, 2.24) is 24.6 Å². The van der Waals surface area contributed by atoms with Crippen LogP contribution in [0.1, 0.15) is 20.1 Å². The maximum Gasteiger partial charge on any atom is 0.459 e. The second-order valence-electron chi connectivity index (χ2n) is 8.70. The second kappa shape index (κ2) is 10.8. The highest BCUT2D eigenvalue weighted by Gasteiger charge is 2.56. The number of methoxy groups -OCH3 is 1. The minimum absolute atomic E-state index is 0.0765. The molecule has 38 heavy (non-hydrogen) atoms. The van der Waals surface area contributed by atoms with Gasteiger partial charge in [-0.15, -0.1) is 0 Å². The summed E-state index contributed by atoms with van der Waals surface area (Å²) < 4.78 is 52.3. The van der Waals surface area contributed by atoms with Crippen LogP contribution < -0.4 is 20.7 Å². The zero-order valence-corrected chi connectivity index (χ0v) is 22.0. The van der Waals surface area contributed by atoms with Gasteiger partial charge in [0.1, 0.15) is 24.0 Å². The Morgan fingerprint density at radius 3 is 2.74 bits per heavy atom. The summed E-state index contributed by atoms with van der Waals surface area (Å²) in [6.07, 6.45) is -3.11. The fraction of sp³-hybridized carbons (Fsp3) is 0.455. The van der Waals surface area contributed by atoms with Gasteiger partial charge < -0.3 is 30.2 Å². The zero-order chi connectivity index (χ0) is 27.7. The third-order valence-electron chi connectivity index (χ3n) is 5.93. The number of anilines is 2. The molecule has 0 bridgehead atoms. The third kappa shape index (κ3) is 5.42. The molecule has 0 saturated carbocycles. The monoisotopic (exact) mass is 553 g/mol. The van der Waals surface area contributed by atoms with Crippen molar-refractivity contribution in [2.24, 2.45) is 0 Å². The molecule has 1 aliphatic rings. The summed E-state index contributed by atoms with van der Waals surface area (Å²) in [6.45, 7) is 1.99. The topological polar surface area (TPSA) is 185 Å². The van der Waals surface area contributed by atoms with Crippen LogP contribution in [0.4, 0.5) is 16.2 Å². The number of aliphatic hydroxyl groups excluding tert-OH is 1. The average molecular weight is 553 g/mol. The molecule has 16 heteroatoms. The van der Waals surface area contributed by atoms with E-state index in [2.05, 4.69) is 30.1 Å². The van der Waals surface area contributed by atoms with Gasteiger partial charge in [-0.25, -0.2) is 13.9 Å². The van der Waals surface area contributed by atoms with E-state index >= 15 is 4.39 Å². The van der Waals surface area contributed by atoms with Gasteiger partial charge in [0.2, 0.25) is 5.95 Å². The number of hydrogen-bond acceptors (Lipinski definition) is 12. The van der Waals surface area contributed by atoms with Crippen molar-refractivity contribution >= 4 is 36.6 Å². The molecular weight excluding hydrogens is 524 g/mol. The number of aromatic nitrogens is 4. The number of nitrogen functional groups attached to an aromatic ring is 1. The Hall–Kier alpha value is -3.36. The smallest absolute Gasteiger partial charge is 0.459 e. The molecule has 3 heterocycles. The molecule has 14 nitrogen and oxygen atoms in total. The molecular formula is C22H29FN7O7P. The number of fused-ring (bicyclic) bond motifs is 1. The highest BCUT2D eigenvalue weighted by molar-refractivity contribution is 7.52. The largest absolute Gasteiger partial charge is 0.468 e. The molecule has 1 fully saturated rings. The standard InChI is InChI=1S/C22H29FN7O7P/c1-12(19(32)34-4)29-38(33,37-13-8-6-5-7-9-13)35-10-14-16(31)22(2,23)20(36-14)30-11-26-15-17(25-3)27-21(24)28-18(15)30/h5-9,11-12,14,16,20,31H,10H2,1-4H3,(H,29,33)(H3,24,25,27,28)/t12-,14-,16-,20-,22-,38-/m1/s1. The van der Waals surface area contributed by atoms with E-state index in [9.17, 15) is 14.5 Å². The number of carbonyl (C=O) groups excluding carboxylic acids is 1. The fourth-order valence-electron chi connectivity index (χ4n) is 3.98. The lowest BCUT2D eigenvalue weighted by Gasteiger charge is -2.25. The van der Waals surface area contributed by atoms with Gasteiger partial charge in [-0.1, -0.05) is 18.2 Å². The van der Waals surface area contributed by atoms with E-state index in [1.807, 2.05) is 0 Å². The number of nitrogens with one attached hydrogen (secondary N) is 2. The number of esters is 1. The Balaban J connectivity index is 1.57. The van der Waals surface area contributed by atoms with Gasteiger partial charge in [-0.2, -0.15) is 15.1 Å². The summed E-state index contributed by atoms with van der Waals surface area (Å²) in [4.78, 5) is 24.3. The SMILES string of the molecule is CNc1nc(N)nc2c1ncn2[C@@H]1O[C@H](CO[P@](=O)(N[C@H](C)C(=O)OC)Oc2ccccc2)[C@@H](O)[C@@]1(C)F. The highest BCUT2D eigenvalue weighted by Crippen LogP contribution is 2.48. The minimum Gasteiger partial charge on any atom is -0.468 e. The van der Waals surface area contributed by atoms with E-state index in [1.165, 1.54) is 37.1 Å². The summed E-state index contributed by atoms with van der Waals surface area (Å²) in [6, 6.07) is 7.02.